The van der Waals surface area contributed by atoms with E-state index < -0.39 is 0 Å². The average Bonchev–Trinajstić information content (AvgIpc) is 3.25. The van der Waals surface area contributed by atoms with Crippen molar-refractivity contribution in [3.8, 4) is 0 Å². The predicted octanol–water partition coefficient (Wildman–Crippen LogP) is 3.36. The van der Waals surface area contributed by atoms with Gasteiger partial charge in [0.25, 0.3) is 0 Å². The van der Waals surface area contributed by atoms with E-state index in [4.69, 9.17) is 0 Å². The maximum atomic E-state index is 12.5. The molecule has 0 spiro atoms. The highest BCUT2D eigenvalue weighted by atomic mass is 32.1. The van der Waals surface area contributed by atoms with Gasteiger partial charge in [-0.1, -0.05) is 25.3 Å². The highest BCUT2D eigenvalue weighted by molar-refractivity contribution is 7.10. The number of aliphatic hydroxyl groups is 1. The van der Waals surface area contributed by atoms with Crippen LogP contribution >= 0.6 is 11.3 Å². The standard InChI is InChI=1S/C18H28N2O2S/c1-14(21)15-7-10-20(12-15)17(22)19-13-18(8-3-2-4-9-18)16-6-5-11-23-16/h5-6,11,14-15,21H,2-4,7-10,12-13H2,1H3,(H,19,22)/t14-,15-/m1/s1. The summed E-state index contributed by atoms with van der Waals surface area (Å²) in [6.07, 6.45) is 6.73. The smallest absolute Gasteiger partial charge is 0.317 e. The Kier molecular flexibility index (Phi) is 5.27. The molecule has 0 unspecified atom stereocenters. The molecule has 1 aliphatic carbocycles. The second-order valence-electron chi connectivity index (χ2n) is 7.21. The molecule has 2 amide bonds. The molecule has 1 saturated carbocycles. The zero-order valence-electron chi connectivity index (χ0n) is 14.0. The molecule has 4 nitrogen and oxygen atoms in total. The van der Waals surface area contributed by atoms with Gasteiger partial charge in [0.2, 0.25) is 0 Å². The normalized spacial score (nSPS) is 25.3. The molecular formula is C18H28N2O2S. The van der Waals surface area contributed by atoms with Crippen molar-refractivity contribution < 1.29 is 9.90 Å². The molecule has 1 aliphatic heterocycles. The van der Waals surface area contributed by atoms with E-state index in [1.807, 2.05) is 23.2 Å². The van der Waals surface area contributed by atoms with Gasteiger partial charge in [-0.25, -0.2) is 4.79 Å². The summed E-state index contributed by atoms with van der Waals surface area (Å²) in [5.41, 5.74) is 0.130. The zero-order valence-corrected chi connectivity index (χ0v) is 14.8. The number of rotatable bonds is 4. The summed E-state index contributed by atoms with van der Waals surface area (Å²) in [5, 5.41) is 15.0. The van der Waals surface area contributed by atoms with Crippen LogP contribution in [0.25, 0.3) is 0 Å². The molecule has 23 heavy (non-hydrogen) atoms. The van der Waals surface area contributed by atoms with Crippen molar-refractivity contribution in [2.75, 3.05) is 19.6 Å². The summed E-state index contributed by atoms with van der Waals surface area (Å²) in [6, 6.07) is 4.38. The number of urea groups is 1. The molecule has 2 N–H and O–H groups in total. The molecule has 0 bridgehead atoms. The van der Waals surface area contributed by atoms with E-state index in [0.717, 1.165) is 19.5 Å². The van der Waals surface area contributed by atoms with Gasteiger partial charge in [0.1, 0.15) is 0 Å². The molecule has 5 heteroatoms. The lowest BCUT2D eigenvalue weighted by Gasteiger charge is -2.37. The van der Waals surface area contributed by atoms with Gasteiger partial charge in [0, 0.05) is 35.8 Å². The fourth-order valence-corrected chi connectivity index (χ4v) is 5.03. The fraction of sp³-hybridized carbons (Fsp3) is 0.722. The number of aliphatic hydroxyl groups excluding tert-OH is 1. The molecule has 0 radical (unpaired) electrons. The third-order valence-electron chi connectivity index (χ3n) is 5.63. The number of thiophene rings is 1. The first-order chi connectivity index (χ1) is 11.1. The number of carbonyl (C=O) groups excluding carboxylic acids is 1. The number of hydrogen-bond acceptors (Lipinski definition) is 3. The van der Waals surface area contributed by atoms with Crippen molar-refractivity contribution in [3.05, 3.63) is 22.4 Å². The lowest BCUT2D eigenvalue weighted by Crippen LogP contribution is -2.46. The van der Waals surface area contributed by atoms with Crippen LogP contribution in [0.5, 0.6) is 0 Å². The number of nitrogens with zero attached hydrogens (tertiary/aromatic N) is 1. The van der Waals surface area contributed by atoms with E-state index in [-0.39, 0.29) is 23.5 Å². The molecule has 2 aliphatic rings. The van der Waals surface area contributed by atoms with Crippen molar-refractivity contribution in [1.29, 1.82) is 0 Å². The highest BCUT2D eigenvalue weighted by Crippen LogP contribution is 2.41. The number of likely N-dealkylation sites (tertiary alicyclic amines) is 1. The lowest BCUT2D eigenvalue weighted by atomic mass is 9.73. The molecule has 1 aromatic rings. The Morgan fingerprint density at radius 3 is 2.87 bits per heavy atom. The van der Waals surface area contributed by atoms with Crippen molar-refractivity contribution in [2.24, 2.45) is 5.92 Å². The van der Waals surface area contributed by atoms with Crippen LogP contribution < -0.4 is 5.32 Å². The van der Waals surface area contributed by atoms with Gasteiger partial charge in [-0.3, -0.25) is 0 Å². The van der Waals surface area contributed by atoms with Gasteiger partial charge in [-0.15, -0.1) is 11.3 Å². The van der Waals surface area contributed by atoms with Gasteiger partial charge in [0.05, 0.1) is 6.10 Å². The van der Waals surface area contributed by atoms with E-state index in [1.54, 1.807) is 0 Å². The Labute approximate surface area is 142 Å². The third-order valence-corrected chi connectivity index (χ3v) is 6.74. The Morgan fingerprint density at radius 1 is 1.48 bits per heavy atom. The molecule has 2 atom stereocenters. The maximum absolute atomic E-state index is 12.5. The van der Waals surface area contributed by atoms with E-state index in [0.29, 0.717) is 6.54 Å². The topological polar surface area (TPSA) is 52.6 Å². The first-order valence-electron chi connectivity index (χ1n) is 8.85. The van der Waals surface area contributed by atoms with Crippen LogP contribution in [0.15, 0.2) is 17.5 Å². The largest absolute Gasteiger partial charge is 0.393 e. The van der Waals surface area contributed by atoms with Gasteiger partial charge in [-0.05, 0) is 37.6 Å². The van der Waals surface area contributed by atoms with E-state index in [1.165, 1.54) is 37.0 Å². The molecule has 128 valence electrons. The van der Waals surface area contributed by atoms with Crippen LogP contribution in [0.3, 0.4) is 0 Å². The monoisotopic (exact) mass is 336 g/mol. The SMILES string of the molecule is C[C@@H](O)[C@@H]1CCN(C(=O)NCC2(c3cccs3)CCCCC2)C1. The average molecular weight is 337 g/mol. The van der Waals surface area contributed by atoms with Crippen LogP contribution in [0, 0.1) is 5.92 Å². The molecule has 2 fully saturated rings. The number of hydrogen-bond donors (Lipinski definition) is 2. The lowest BCUT2D eigenvalue weighted by molar-refractivity contribution is 0.129. The van der Waals surface area contributed by atoms with Crippen LogP contribution in [-0.4, -0.2) is 41.8 Å². The van der Waals surface area contributed by atoms with Gasteiger partial charge >= 0.3 is 6.03 Å². The minimum Gasteiger partial charge on any atom is -0.393 e. The Bertz CT molecular complexity index is 509. The Balaban J connectivity index is 1.60. The number of amides is 2. The minimum atomic E-state index is -0.330. The summed E-state index contributed by atoms with van der Waals surface area (Å²) in [4.78, 5) is 15.8. The van der Waals surface area contributed by atoms with Crippen molar-refractivity contribution in [2.45, 2.75) is 57.0 Å². The predicted molar refractivity (Wildman–Crippen MR) is 93.8 cm³/mol. The molecule has 2 heterocycles. The number of carbonyl (C=O) groups is 1. The van der Waals surface area contributed by atoms with Gasteiger partial charge in [0.15, 0.2) is 0 Å². The molecule has 3 rings (SSSR count). The summed E-state index contributed by atoms with van der Waals surface area (Å²) in [7, 11) is 0. The van der Waals surface area contributed by atoms with Gasteiger partial charge in [-0.2, -0.15) is 0 Å². The van der Waals surface area contributed by atoms with Crippen LogP contribution in [0.4, 0.5) is 4.79 Å². The quantitative estimate of drug-likeness (QED) is 0.886. The van der Waals surface area contributed by atoms with E-state index in [2.05, 4.69) is 22.8 Å². The Morgan fingerprint density at radius 2 is 2.26 bits per heavy atom. The minimum absolute atomic E-state index is 0.0367. The molecule has 1 saturated heterocycles. The summed E-state index contributed by atoms with van der Waals surface area (Å²) < 4.78 is 0. The van der Waals surface area contributed by atoms with E-state index >= 15 is 0 Å². The Hall–Kier alpha value is -1.07. The number of nitrogens with one attached hydrogen (secondary N) is 1. The molecular weight excluding hydrogens is 308 g/mol. The second kappa shape index (κ2) is 7.22. The summed E-state index contributed by atoms with van der Waals surface area (Å²) in [6.45, 7) is 3.99. The second-order valence-corrected chi connectivity index (χ2v) is 8.16. The van der Waals surface area contributed by atoms with Gasteiger partial charge < -0.3 is 15.3 Å². The van der Waals surface area contributed by atoms with Crippen LogP contribution in [0.2, 0.25) is 0 Å². The highest BCUT2D eigenvalue weighted by Gasteiger charge is 2.36. The molecule has 1 aromatic heterocycles. The van der Waals surface area contributed by atoms with Crippen molar-refractivity contribution in [1.82, 2.24) is 10.2 Å². The van der Waals surface area contributed by atoms with Crippen molar-refractivity contribution >= 4 is 17.4 Å². The first kappa shape index (κ1) is 16.8. The third kappa shape index (κ3) is 3.72. The van der Waals surface area contributed by atoms with Crippen LogP contribution in [0.1, 0.15) is 50.3 Å². The fourth-order valence-electron chi connectivity index (χ4n) is 4.04. The van der Waals surface area contributed by atoms with Crippen molar-refractivity contribution in [3.63, 3.8) is 0 Å². The summed E-state index contributed by atoms with van der Waals surface area (Å²) in [5.74, 6) is 0.224. The zero-order chi connectivity index (χ0) is 16.3. The van der Waals surface area contributed by atoms with Crippen LogP contribution in [-0.2, 0) is 5.41 Å². The first-order valence-corrected chi connectivity index (χ1v) is 9.73. The maximum Gasteiger partial charge on any atom is 0.317 e. The summed E-state index contributed by atoms with van der Waals surface area (Å²) >= 11 is 1.82. The molecule has 0 aromatic carbocycles. The van der Waals surface area contributed by atoms with E-state index in [9.17, 15) is 9.90 Å².